The van der Waals surface area contributed by atoms with Crippen molar-refractivity contribution < 1.29 is 0 Å². The predicted octanol–water partition coefficient (Wildman–Crippen LogP) is 10.7. The van der Waals surface area contributed by atoms with Gasteiger partial charge in [0.05, 0.1) is 11.0 Å². The number of rotatable bonds is 1. The SMILES string of the molecule is O=c1c2ccccc2c2cc(-c3ccc4c(c3)Cc3ccccc3-c3ccccc3Cc3ccccc3-4)cc3c4ccccc4n1c23. The monoisotopic (exact) mass is 599 g/mol. The van der Waals surface area contributed by atoms with Crippen molar-refractivity contribution in [1.82, 2.24) is 4.40 Å². The van der Waals surface area contributed by atoms with Crippen LogP contribution in [0.5, 0.6) is 0 Å². The summed E-state index contributed by atoms with van der Waals surface area (Å²) >= 11 is 0. The smallest absolute Gasteiger partial charge is 0.263 e. The van der Waals surface area contributed by atoms with Gasteiger partial charge in [-0.05, 0) is 98.1 Å². The highest BCUT2D eigenvalue weighted by Crippen LogP contribution is 2.41. The Morgan fingerprint density at radius 3 is 1.53 bits per heavy atom. The van der Waals surface area contributed by atoms with E-state index in [4.69, 9.17) is 0 Å². The van der Waals surface area contributed by atoms with Gasteiger partial charge in [-0.1, -0.05) is 127 Å². The summed E-state index contributed by atoms with van der Waals surface area (Å²) in [6.45, 7) is 0. The number of para-hydroxylation sites is 1. The van der Waals surface area contributed by atoms with Crippen LogP contribution in [0.2, 0.25) is 0 Å². The predicted molar refractivity (Wildman–Crippen MR) is 196 cm³/mol. The van der Waals surface area contributed by atoms with Gasteiger partial charge in [-0.25, -0.2) is 0 Å². The van der Waals surface area contributed by atoms with Gasteiger partial charge >= 0.3 is 0 Å². The molecule has 0 amide bonds. The van der Waals surface area contributed by atoms with Crippen LogP contribution in [-0.4, -0.2) is 4.40 Å². The highest BCUT2D eigenvalue weighted by molar-refractivity contribution is 6.21. The summed E-state index contributed by atoms with van der Waals surface area (Å²) in [5.74, 6) is 0. The molecule has 10 rings (SSSR count). The minimum absolute atomic E-state index is 0.0408. The van der Waals surface area contributed by atoms with E-state index in [0.717, 1.165) is 56.4 Å². The van der Waals surface area contributed by atoms with E-state index in [2.05, 4.69) is 127 Å². The molecule has 0 unspecified atom stereocenters. The fourth-order valence-electron chi connectivity index (χ4n) is 8.11. The first-order valence-electron chi connectivity index (χ1n) is 16.3. The molecule has 0 saturated carbocycles. The van der Waals surface area contributed by atoms with Gasteiger partial charge in [0, 0.05) is 21.5 Å². The van der Waals surface area contributed by atoms with Gasteiger partial charge < -0.3 is 0 Å². The third kappa shape index (κ3) is 3.88. The lowest BCUT2D eigenvalue weighted by molar-refractivity contribution is 1.15. The zero-order valence-corrected chi connectivity index (χ0v) is 25.7. The molecule has 0 atom stereocenters. The topological polar surface area (TPSA) is 21.5 Å². The second-order valence-corrected chi connectivity index (χ2v) is 12.8. The first-order valence-corrected chi connectivity index (χ1v) is 16.3. The van der Waals surface area contributed by atoms with Crippen LogP contribution in [0, 0.1) is 0 Å². The van der Waals surface area contributed by atoms with Crippen molar-refractivity contribution in [2.45, 2.75) is 12.8 Å². The third-order valence-corrected chi connectivity index (χ3v) is 10.3. The molecule has 2 nitrogen and oxygen atoms in total. The Morgan fingerprint density at radius 2 is 0.872 bits per heavy atom. The van der Waals surface area contributed by atoms with Crippen molar-refractivity contribution in [3.8, 4) is 33.4 Å². The van der Waals surface area contributed by atoms with Crippen LogP contribution >= 0.6 is 0 Å². The van der Waals surface area contributed by atoms with Gasteiger partial charge in [-0.3, -0.25) is 9.20 Å². The molecule has 2 aromatic heterocycles. The fraction of sp³-hybridized carbons (Fsp3) is 0.0444. The maximum absolute atomic E-state index is 13.8. The Bertz CT molecular complexity index is 2770. The molecule has 2 heteroatoms. The number of benzene rings is 7. The minimum Gasteiger partial charge on any atom is -0.275 e. The average molecular weight is 600 g/mol. The number of pyridine rings is 1. The largest absolute Gasteiger partial charge is 0.275 e. The number of fused-ring (bicyclic) bond motifs is 11. The van der Waals surface area contributed by atoms with E-state index in [-0.39, 0.29) is 5.56 Å². The Balaban J connectivity index is 1.25. The molecule has 47 heavy (non-hydrogen) atoms. The number of hydrogen-bond donors (Lipinski definition) is 0. The standard InChI is InChI=1S/C45H29NO/c47-45-40-19-8-7-17-38(40)41-26-32(27-42-39-18-9-10-20-43(39)46(45)44(41)42)28-21-22-37-33(23-28)25-31-13-3-5-15-35(31)34-14-4-1-11-29(34)24-30-12-2-6-16-36(30)37/h1-23,26-27H,24-25H2. The lowest BCUT2D eigenvalue weighted by Crippen LogP contribution is -2.12. The number of aromatic nitrogens is 1. The lowest BCUT2D eigenvalue weighted by atomic mass is 9.83. The quantitative estimate of drug-likeness (QED) is 0.172. The molecule has 7 aromatic carbocycles. The van der Waals surface area contributed by atoms with Crippen molar-refractivity contribution in [2.75, 3.05) is 0 Å². The molecule has 0 fully saturated rings. The fourth-order valence-corrected chi connectivity index (χ4v) is 8.11. The van der Waals surface area contributed by atoms with Gasteiger partial charge in [-0.2, -0.15) is 0 Å². The van der Waals surface area contributed by atoms with Crippen LogP contribution in [0.15, 0.2) is 156 Å². The molecule has 0 aliphatic heterocycles. The first kappa shape index (κ1) is 26.2. The first-order chi connectivity index (χ1) is 23.2. The minimum atomic E-state index is 0.0408. The molecule has 0 saturated heterocycles. The Labute approximate surface area is 272 Å². The molecule has 0 radical (unpaired) electrons. The van der Waals surface area contributed by atoms with Crippen LogP contribution in [0.4, 0.5) is 0 Å². The van der Waals surface area contributed by atoms with Gasteiger partial charge in [0.15, 0.2) is 0 Å². The van der Waals surface area contributed by atoms with Crippen LogP contribution < -0.4 is 5.56 Å². The number of hydrogen-bond acceptors (Lipinski definition) is 1. The van der Waals surface area contributed by atoms with Crippen LogP contribution in [0.25, 0.3) is 71.3 Å². The van der Waals surface area contributed by atoms with Crippen LogP contribution in [0.1, 0.15) is 22.3 Å². The Kier molecular flexibility index (Phi) is 5.59. The summed E-state index contributed by atoms with van der Waals surface area (Å²) in [7, 11) is 0. The van der Waals surface area contributed by atoms with Crippen LogP contribution in [0.3, 0.4) is 0 Å². The Morgan fingerprint density at radius 1 is 0.383 bits per heavy atom. The maximum atomic E-state index is 13.8. The molecule has 1 aliphatic carbocycles. The number of nitrogens with zero attached hydrogens (tertiary/aromatic N) is 1. The molecule has 0 N–H and O–H groups in total. The van der Waals surface area contributed by atoms with Crippen molar-refractivity contribution >= 4 is 38.0 Å². The van der Waals surface area contributed by atoms with E-state index in [9.17, 15) is 4.79 Å². The molecule has 0 spiro atoms. The zero-order valence-electron chi connectivity index (χ0n) is 25.7. The summed E-state index contributed by atoms with van der Waals surface area (Å²) in [4.78, 5) is 13.8. The van der Waals surface area contributed by atoms with E-state index < -0.39 is 0 Å². The highest BCUT2D eigenvalue weighted by atomic mass is 16.1. The highest BCUT2D eigenvalue weighted by Gasteiger charge is 2.21. The molecule has 1 aliphatic rings. The van der Waals surface area contributed by atoms with E-state index in [1.165, 1.54) is 50.1 Å². The summed E-state index contributed by atoms with van der Waals surface area (Å²) in [6, 6.07) is 54.6. The van der Waals surface area contributed by atoms with Gasteiger partial charge in [0.2, 0.25) is 0 Å². The third-order valence-electron chi connectivity index (χ3n) is 10.3. The normalized spacial score (nSPS) is 12.6. The molecule has 2 heterocycles. The summed E-state index contributed by atoms with van der Waals surface area (Å²) < 4.78 is 1.92. The lowest BCUT2D eigenvalue weighted by Gasteiger charge is -2.21. The van der Waals surface area contributed by atoms with Crippen molar-refractivity contribution in [2.24, 2.45) is 0 Å². The van der Waals surface area contributed by atoms with Gasteiger partial charge in [0.25, 0.3) is 5.56 Å². The van der Waals surface area contributed by atoms with Crippen molar-refractivity contribution in [3.05, 3.63) is 184 Å². The Hall–Kier alpha value is -5.99. The second kappa shape index (κ2) is 10.0. The molecule has 0 bridgehead atoms. The summed E-state index contributed by atoms with van der Waals surface area (Å²) in [5.41, 5.74) is 14.9. The molecular formula is C45H29NO. The second-order valence-electron chi connectivity index (χ2n) is 12.8. The van der Waals surface area contributed by atoms with E-state index in [1.807, 2.05) is 28.7 Å². The molecule has 9 aromatic rings. The van der Waals surface area contributed by atoms with Gasteiger partial charge in [0.1, 0.15) is 0 Å². The zero-order chi connectivity index (χ0) is 31.1. The maximum Gasteiger partial charge on any atom is 0.263 e. The van der Waals surface area contributed by atoms with E-state index in [1.54, 1.807) is 0 Å². The van der Waals surface area contributed by atoms with Gasteiger partial charge in [-0.15, -0.1) is 0 Å². The van der Waals surface area contributed by atoms with Crippen molar-refractivity contribution in [3.63, 3.8) is 0 Å². The van der Waals surface area contributed by atoms with E-state index >= 15 is 0 Å². The summed E-state index contributed by atoms with van der Waals surface area (Å²) in [5, 5.41) is 5.07. The molecular weight excluding hydrogens is 571 g/mol. The van der Waals surface area contributed by atoms with Crippen LogP contribution in [-0.2, 0) is 12.8 Å². The van der Waals surface area contributed by atoms with Crippen molar-refractivity contribution in [1.29, 1.82) is 0 Å². The molecule has 220 valence electrons. The summed E-state index contributed by atoms with van der Waals surface area (Å²) in [6.07, 6.45) is 1.71. The average Bonchev–Trinajstić information content (AvgIpc) is 3.46. The van der Waals surface area contributed by atoms with E-state index in [0.29, 0.717) is 0 Å².